The van der Waals surface area contributed by atoms with Gasteiger partial charge in [-0.3, -0.25) is 9.59 Å². The lowest BCUT2D eigenvalue weighted by molar-refractivity contribution is 0.101. The van der Waals surface area contributed by atoms with Gasteiger partial charge >= 0.3 is 0 Å². The molecule has 0 atom stereocenters. The van der Waals surface area contributed by atoms with Gasteiger partial charge in [0.15, 0.2) is 11.6 Å². The molecule has 0 aliphatic heterocycles. The third kappa shape index (κ3) is 2.42. The topological polar surface area (TPSA) is 34.1 Å². The van der Waals surface area contributed by atoms with Crippen molar-refractivity contribution < 1.29 is 9.59 Å². The first-order chi connectivity index (χ1) is 8.49. The molecule has 1 fully saturated rings. The Morgan fingerprint density at radius 1 is 0.833 bits per heavy atom. The number of carbonyl (C=O) groups is 2. The lowest BCUT2D eigenvalue weighted by atomic mass is 9.85. The van der Waals surface area contributed by atoms with Crippen molar-refractivity contribution in [1.82, 2.24) is 0 Å². The van der Waals surface area contributed by atoms with Gasteiger partial charge in [-0.15, -0.1) is 0 Å². The highest BCUT2D eigenvalue weighted by Crippen LogP contribution is 2.33. The summed E-state index contributed by atoms with van der Waals surface area (Å²) in [5.41, 5.74) is 4.94. The van der Waals surface area contributed by atoms with Crippen molar-refractivity contribution in [2.45, 2.75) is 40.0 Å². The third-order valence-corrected chi connectivity index (χ3v) is 3.67. The van der Waals surface area contributed by atoms with Crippen molar-refractivity contribution in [1.29, 1.82) is 0 Å². The van der Waals surface area contributed by atoms with Crippen molar-refractivity contribution in [2.75, 3.05) is 0 Å². The van der Waals surface area contributed by atoms with Gasteiger partial charge in [0.25, 0.3) is 0 Å². The quantitative estimate of drug-likeness (QED) is 0.749. The van der Waals surface area contributed by atoms with E-state index < -0.39 is 0 Å². The lowest BCUT2D eigenvalue weighted by Gasteiger charge is -2.20. The highest BCUT2D eigenvalue weighted by atomic mass is 16.1. The minimum atomic E-state index is 0.00533. The van der Waals surface area contributed by atoms with Gasteiger partial charge in [-0.2, -0.15) is 0 Å². The largest absolute Gasteiger partial charge is 0.295 e. The van der Waals surface area contributed by atoms with Crippen LogP contribution in [0.1, 0.15) is 66.3 Å². The minimum Gasteiger partial charge on any atom is -0.295 e. The zero-order valence-electron chi connectivity index (χ0n) is 11.2. The summed E-state index contributed by atoms with van der Waals surface area (Å²) >= 11 is 0. The summed E-state index contributed by atoms with van der Waals surface area (Å²) in [6.07, 6.45) is 3.54. The van der Waals surface area contributed by atoms with Gasteiger partial charge < -0.3 is 0 Å². The molecule has 0 spiro atoms. The summed E-state index contributed by atoms with van der Waals surface area (Å²) in [5.74, 6) is 0.0107. The number of Topliss-reactive ketones (excluding diaryl/α,β-unsaturated/α-hetero) is 2. The summed E-state index contributed by atoms with van der Waals surface area (Å²) in [6, 6.07) is 5.48. The monoisotopic (exact) mass is 242 g/mol. The second-order valence-corrected chi connectivity index (χ2v) is 4.99. The maximum atomic E-state index is 11.5. The molecule has 18 heavy (non-hydrogen) atoms. The number of hydrogen-bond donors (Lipinski definition) is 0. The Hall–Kier alpha value is -1.70. The van der Waals surface area contributed by atoms with Crippen LogP contribution in [0.2, 0.25) is 0 Å². The van der Waals surface area contributed by atoms with Crippen molar-refractivity contribution in [3.05, 3.63) is 40.5 Å². The summed E-state index contributed by atoms with van der Waals surface area (Å²) in [5, 5.41) is 0. The SMILES string of the molecule is CC(=O)c1cc(C(C)=O)cc(C(C)=C2CCC2)c1. The molecule has 0 saturated heterocycles. The zero-order chi connectivity index (χ0) is 13.3. The fourth-order valence-electron chi connectivity index (χ4n) is 2.18. The van der Waals surface area contributed by atoms with Gasteiger partial charge in [-0.25, -0.2) is 0 Å². The van der Waals surface area contributed by atoms with Crippen LogP contribution in [0, 0.1) is 0 Å². The molecule has 1 aliphatic rings. The standard InChI is InChI=1S/C16H18O2/c1-10(13-5-4-6-13)14-7-15(11(2)17)9-16(8-14)12(3)18/h7-9H,4-6H2,1-3H3. The van der Waals surface area contributed by atoms with Crippen molar-refractivity contribution in [3.8, 4) is 0 Å². The van der Waals surface area contributed by atoms with Gasteiger partial charge in [0, 0.05) is 11.1 Å². The van der Waals surface area contributed by atoms with Crippen LogP contribution in [0.15, 0.2) is 23.8 Å². The molecular formula is C16H18O2. The minimum absolute atomic E-state index is 0.00533. The van der Waals surface area contributed by atoms with Gasteiger partial charge in [0.2, 0.25) is 0 Å². The molecule has 2 rings (SSSR count). The van der Waals surface area contributed by atoms with Gasteiger partial charge in [-0.1, -0.05) is 5.57 Å². The predicted molar refractivity (Wildman–Crippen MR) is 72.9 cm³/mol. The maximum absolute atomic E-state index is 11.5. The van der Waals surface area contributed by atoms with Crippen LogP contribution >= 0.6 is 0 Å². The zero-order valence-corrected chi connectivity index (χ0v) is 11.2. The Balaban J connectivity index is 2.53. The van der Waals surface area contributed by atoms with Crippen LogP contribution in [0.3, 0.4) is 0 Å². The van der Waals surface area contributed by atoms with Gasteiger partial charge in [0.05, 0.1) is 0 Å². The summed E-state index contributed by atoms with van der Waals surface area (Å²) in [4.78, 5) is 23.0. The van der Waals surface area contributed by atoms with E-state index in [2.05, 4.69) is 6.92 Å². The number of hydrogen-bond acceptors (Lipinski definition) is 2. The fourth-order valence-corrected chi connectivity index (χ4v) is 2.18. The average Bonchev–Trinajstić information content (AvgIpc) is 2.25. The second-order valence-electron chi connectivity index (χ2n) is 4.99. The molecule has 1 aliphatic carbocycles. The molecule has 2 nitrogen and oxygen atoms in total. The van der Waals surface area contributed by atoms with Crippen LogP contribution in [0.4, 0.5) is 0 Å². The van der Waals surface area contributed by atoms with Gasteiger partial charge in [-0.05, 0) is 69.4 Å². The Morgan fingerprint density at radius 2 is 1.28 bits per heavy atom. The van der Waals surface area contributed by atoms with Crippen molar-refractivity contribution in [2.24, 2.45) is 0 Å². The smallest absolute Gasteiger partial charge is 0.159 e. The predicted octanol–water partition coefficient (Wildman–Crippen LogP) is 4.05. The van der Waals surface area contributed by atoms with Crippen LogP contribution in [0.25, 0.3) is 5.57 Å². The van der Waals surface area contributed by atoms with Crippen LogP contribution in [-0.2, 0) is 0 Å². The van der Waals surface area contributed by atoms with E-state index in [-0.39, 0.29) is 11.6 Å². The Kier molecular flexibility index (Phi) is 3.46. The molecule has 0 heterocycles. The number of rotatable bonds is 3. The highest BCUT2D eigenvalue weighted by molar-refractivity contribution is 6.00. The fraction of sp³-hybridized carbons (Fsp3) is 0.375. The van der Waals surface area contributed by atoms with Crippen LogP contribution in [0.5, 0.6) is 0 Å². The molecule has 0 N–H and O–H groups in total. The number of carbonyl (C=O) groups excluding carboxylic acids is 2. The lowest BCUT2D eigenvalue weighted by Crippen LogP contribution is -2.03. The molecule has 0 unspecified atom stereocenters. The normalized spacial score (nSPS) is 14.1. The molecule has 0 amide bonds. The first-order valence-corrected chi connectivity index (χ1v) is 6.35. The Bertz CT molecular complexity index is 512. The van der Waals surface area contributed by atoms with E-state index in [1.54, 1.807) is 6.07 Å². The second kappa shape index (κ2) is 4.89. The molecule has 0 bridgehead atoms. The first kappa shape index (κ1) is 12.7. The molecule has 1 aromatic carbocycles. The molecular weight excluding hydrogens is 224 g/mol. The van der Waals surface area contributed by atoms with Crippen LogP contribution in [-0.4, -0.2) is 11.6 Å². The molecule has 1 aromatic rings. The molecule has 2 heteroatoms. The van der Waals surface area contributed by atoms with E-state index in [1.165, 1.54) is 31.4 Å². The Labute approximate surface area is 108 Å². The van der Waals surface area contributed by atoms with E-state index in [9.17, 15) is 9.59 Å². The third-order valence-electron chi connectivity index (χ3n) is 3.67. The van der Waals surface area contributed by atoms with Crippen molar-refractivity contribution >= 4 is 17.1 Å². The van der Waals surface area contributed by atoms with Crippen LogP contribution < -0.4 is 0 Å². The number of ketones is 2. The van der Waals surface area contributed by atoms with E-state index in [1.807, 2.05) is 12.1 Å². The molecule has 1 saturated carbocycles. The summed E-state index contributed by atoms with van der Waals surface area (Å²) in [7, 11) is 0. The summed E-state index contributed by atoms with van der Waals surface area (Å²) in [6.45, 7) is 5.15. The van der Waals surface area contributed by atoms with E-state index in [4.69, 9.17) is 0 Å². The van der Waals surface area contributed by atoms with E-state index in [0.717, 1.165) is 18.4 Å². The maximum Gasteiger partial charge on any atom is 0.159 e. The average molecular weight is 242 g/mol. The Morgan fingerprint density at radius 3 is 1.61 bits per heavy atom. The van der Waals surface area contributed by atoms with E-state index >= 15 is 0 Å². The molecule has 0 radical (unpaired) electrons. The number of benzene rings is 1. The first-order valence-electron chi connectivity index (χ1n) is 6.35. The highest BCUT2D eigenvalue weighted by Gasteiger charge is 2.15. The van der Waals surface area contributed by atoms with Crippen molar-refractivity contribution in [3.63, 3.8) is 0 Å². The van der Waals surface area contributed by atoms with E-state index in [0.29, 0.717) is 11.1 Å². The number of allylic oxidation sites excluding steroid dienone is 2. The van der Waals surface area contributed by atoms with Gasteiger partial charge in [0.1, 0.15) is 0 Å². The summed E-state index contributed by atoms with van der Waals surface area (Å²) < 4.78 is 0. The molecule has 94 valence electrons. The molecule has 0 aromatic heterocycles.